The van der Waals surface area contributed by atoms with E-state index in [1.165, 1.54) is 0 Å². The van der Waals surface area contributed by atoms with E-state index in [9.17, 15) is 9.59 Å². The Morgan fingerprint density at radius 1 is 1.13 bits per heavy atom. The first-order valence-electron chi connectivity index (χ1n) is 12.6. The van der Waals surface area contributed by atoms with E-state index in [0.717, 1.165) is 53.6 Å². The standard InChI is InChI=1S/C28H27AsN5O4/c30-11-13-31-26(35)20-6-4-19(5-7-20)24-10-12-32-28(33-24)29-21-8-9-25(34-14-16-37-17-15-34)23(18-21)27(36)38-22-2-1-3-22/h4-10,12,18,22H,1-3,13-17H2,(H,31,35). The SMILES string of the molecule is N#CCNC(=O)c1ccc(-c2ccnc([As]c3ccc(N4CCOCC4)c(C(=O)OC4CCC4)c3)n2)cc1. The number of hydrogen-bond donors (Lipinski definition) is 1. The molecule has 1 saturated heterocycles. The number of carbonyl (C=O) groups excluding carboxylic acids is 2. The molecule has 1 saturated carbocycles. The fraction of sp³-hybridized carbons (Fsp3) is 0.321. The summed E-state index contributed by atoms with van der Waals surface area (Å²) >= 11 is -0.578. The maximum atomic E-state index is 13.1. The quantitative estimate of drug-likeness (QED) is 0.246. The molecule has 38 heavy (non-hydrogen) atoms. The normalized spacial score (nSPS) is 15.6. The number of hydrogen-bond acceptors (Lipinski definition) is 8. The second-order valence-electron chi connectivity index (χ2n) is 9.03. The zero-order chi connectivity index (χ0) is 26.3. The van der Waals surface area contributed by atoms with Crippen LogP contribution in [-0.2, 0) is 9.47 Å². The van der Waals surface area contributed by atoms with E-state index in [1.54, 1.807) is 18.3 Å². The van der Waals surface area contributed by atoms with Gasteiger partial charge >= 0.3 is 228 Å². The van der Waals surface area contributed by atoms with Gasteiger partial charge in [-0.15, -0.1) is 0 Å². The molecule has 1 aliphatic heterocycles. The molecule has 2 heterocycles. The third-order valence-corrected chi connectivity index (χ3v) is 8.52. The fourth-order valence-electron chi connectivity index (χ4n) is 4.23. The van der Waals surface area contributed by atoms with Gasteiger partial charge in [-0.3, -0.25) is 0 Å². The summed E-state index contributed by atoms with van der Waals surface area (Å²) in [5.74, 6) is -0.563. The fourth-order valence-corrected chi connectivity index (χ4v) is 6.03. The molecule has 3 aromatic rings. The van der Waals surface area contributed by atoms with E-state index in [-0.39, 0.29) is 24.5 Å². The van der Waals surface area contributed by atoms with Crippen molar-refractivity contribution in [3.63, 3.8) is 0 Å². The Kier molecular flexibility index (Phi) is 8.32. The zero-order valence-electron chi connectivity index (χ0n) is 20.8. The van der Waals surface area contributed by atoms with Gasteiger partial charge in [0, 0.05) is 0 Å². The second-order valence-corrected chi connectivity index (χ2v) is 11.4. The summed E-state index contributed by atoms with van der Waals surface area (Å²) in [6.07, 6.45) is 4.70. The van der Waals surface area contributed by atoms with Crippen molar-refractivity contribution in [3.8, 4) is 17.3 Å². The molecule has 0 spiro atoms. The first-order valence-corrected chi connectivity index (χ1v) is 14.5. The van der Waals surface area contributed by atoms with Gasteiger partial charge in [0.2, 0.25) is 0 Å². The van der Waals surface area contributed by atoms with Crippen LogP contribution in [-0.4, -0.2) is 76.5 Å². The number of ether oxygens (including phenoxy) is 2. The van der Waals surface area contributed by atoms with Crippen LogP contribution in [0.1, 0.15) is 40.0 Å². The van der Waals surface area contributed by atoms with E-state index in [4.69, 9.17) is 19.7 Å². The van der Waals surface area contributed by atoms with Crippen LogP contribution in [0.2, 0.25) is 0 Å². The number of morpholine rings is 1. The number of aromatic nitrogens is 2. The van der Waals surface area contributed by atoms with Gasteiger partial charge in [0.1, 0.15) is 0 Å². The van der Waals surface area contributed by atoms with Crippen LogP contribution in [0.4, 0.5) is 5.69 Å². The predicted molar refractivity (Wildman–Crippen MR) is 143 cm³/mol. The van der Waals surface area contributed by atoms with Crippen LogP contribution in [0.25, 0.3) is 11.3 Å². The van der Waals surface area contributed by atoms with Crippen molar-refractivity contribution in [2.24, 2.45) is 0 Å². The third-order valence-electron chi connectivity index (χ3n) is 6.52. The number of rotatable bonds is 8. The van der Waals surface area contributed by atoms with Gasteiger partial charge in [-0.05, 0) is 0 Å². The molecule has 1 aliphatic carbocycles. The number of nitriles is 1. The first-order chi connectivity index (χ1) is 18.6. The van der Waals surface area contributed by atoms with E-state index in [0.29, 0.717) is 29.0 Å². The van der Waals surface area contributed by atoms with Crippen molar-refractivity contribution in [2.75, 3.05) is 37.7 Å². The molecule has 0 atom stereocenters. The monoisotopic (exact) mass is 572 g/mol. The molecule has 2 aromatic carbocycles. The molecule has 5 rings (SSSR count). The number of carbonyl (C=O) groups is 2. The summed E-state index contributed by atoms with van der Waals surface area (Å²) in [5, 5.41) is 11.2. The van der Waals surface area contributed by atoms with Crippen LogP contribution in [0.15, 0.2) is 54.7 Å². The topological polar surface area (TPSA) is 117 Å². The van der Waals surface area contributed by atoms with Gasteiger partial charge < -0.3 is 0 Å². The molecule has 2 fully saturated rings. The molecule has 1 amide bonds. The Morgan fingerprint density at radius 3 is 2.63 bits per heavy atom. The van der Waals surface area contributed by atoms with E-state index < -0.39 is 15.8 Å². The molecule has 9 nitrogen and oxygen atoms in total. The van der Waals surface area contributed by atoms with E-state index in [1.807, 2.05) is 36.4 Å². The van der Waals surface area contributed by atoms with Gasteiger partial charge in [0.05, 0.1) is 0 Å². The Balaban J connectivity index is 1.35. The first kappa shape index (κ1) is 25.9. The van der Waals surface area contributed by atoms with Crippen molar-refractivity contribution in [1.82, 2.24) is 15.3 Å². The summed E-state index contributed by atoms with van der Waals surface area (Å²) in [5.41, 5.74) is 3.57. The summed E-state index contributed by atoms with van der Waals surface area (Å²) < 4.78 is 13.0. The second kappa shape index (κ2) is 12.2. The Hall–Kier alpha value is -3.73. The molecular weight excluding hydrogens is 545 g/mol. The number of amides is 1. The average molecular weight is 572 g/mol. The Morgan fingerprint density at radius 2 is 1.92 bits per heavy atom. The molecule has 1 aromatic heterocycles. The van der Waals surface area contributed by atoms with Crippen LogP contribution in [0.5, 0.6) is 0 Å². The Bertz CT molecular complexity index is 1350. The van der Waals surface area contributed by atoms with Crippen molar-refractivity contribution in [3.05, 3.63) is 65.9 Å². The Labute approximate surface area is 227 Å². The molecule has 2 aliphatic rings. The van der Waals surface area contributed by atoms with Crippen molar-refractivity contribution < 1.29 is 19.1 Å². The maximum absolute atomic E-state index is 13.1. The van der Waals surface area contributed by atoms with Gasteiger partial charge in [0.15, 0.2) is 0 Å². The van der Waals surface area contributed by atoms with Crippen LogP contribution < -0.4 is 19.2 Å². The van der Waals surface area contributed by atoms with Crippen LogP contribution in [0.3, 0.4) is 0 Å². The number of nitrogens with zero attached hydrogens (tertiary/aromatic N) is 4. The van der Waals surface area contributed by atoms with Gasteiger partial charge in [-0.2, -0.15) is 0 Å². The molecule has 0 bridgehead atoms. The minimum atomic E-state index is -0.578. The van der Waals surface area contributed by atoms with Crippen LogP contribution >= 0.6 is 0 Å². The predicted octanol–water partition coefficient (Wildman–Crippen LogP) is 1.60. The minimum absolute atomic E-state index is 0.0146. The summed E-state index contributed by atoms with van der Waals surface area (Å²) in [4.78, 5) is 36.6. The number of anilines is 1. The average Bonchev–Trinajstić information content (AvgIpc) is 2.94. The van der Waals surface area contributed by atoms with Gasteiger partial charge in [-0.25, -0.2) is 0 Å². The van der Waals surface area contributed by atoms with Crippen molar-refractivity contribution in [1.29, 1.82) is 5.26 Å². The molecule has 1 radical (unpaired) electrons. The summed E-state index contributed by atoms with van der Waals surface area (Å²) in [6.45, 7) is 2.71. The molecule has 0 unspecified atom stereocenters. The van der Waals surface area contributed by atoms with Gasteiger partial charge in [-0.1, -0.05) is 0 Å². The molecule has 193 valence electrons. The van der Waals surface area contributed by atoms with E-state index in [2.05, 4.69) is 21.3 Å². The number of benzene rings is 2. The van der Waals surface area contributed by atoms with Gasteiger partial charge in [0.25, 0.3) is 0 Å². The molecule has 1 N–H and O–H groups in total. The summed E-state index contributed by atoms with van der Waals surface area (Å²) in [7, 11) is 0. The van der Waals surface area contributed by atoms with E-state index >= 15 is 0 Å². The van der Waals surface area contributed by atoms with Crippen LogP contribution in [0, 0.1) is 11.3 Å². The van der Waals surface area contributed by atoms with Crippen molar-refractivity contribution in [2.45, 2.75) is 25.4 Å². The number of nitrogens with one attached hydrogen (secondary N) is 1. The summed E-state index contributed by atoms with van der Waals surface area (Å²) in [6, 6.07) is 16.8. The molecule has 10 heteroatoms. The molecular formula is C28H27AsN5O4. The van der Waals surface area contributed by atoms with Crippen molar-refractivity contribution >= 4 is 42.3 Å². The third kappa shape index (κ3) is 6.21. The zero-order valence-corrected chi connectivity index (χ0v) is 22.7. The number of esters is 1.